The molecule has 4 rings (SSSR count). The number of fused-ring (bicyclic) bond motifs is 1. The molecule has 0 radical (unpaired) electrons. The van der Waals surface area contributed by atoms with Crippen molar-refractivity contribution in [2.45, 2.75) is 91.6 Å². The largest absolute Gasteiger partial charge is 0.396 e. The van der Waals surface area contributed by atoms with Crippen LogP contribution in [-0.2, 0) is 14.4 Å². The molecule has 3 unspecified atom stereocenters. The maximum Gasteiger partial charge on any atom is 0.247 e. The predicted octanol–water partition coefficient (Wildman–Crippen LogP) is 4.00. The molecular weight excluding hydrogens is 566 g/mol. The van der Waals surface area contributed by atoms with Gasteiger partial charge in [-0.2, -0.15) is 0 Å². The Morgan fingerprint density at radius 2 is 1.87 bits per heavy atom. The first kappa shape index (κ1) is 29.7. The van der Waals surface area contributed by atoms with Crippen LogP contribution >= 0.6 is 27.7 Å². The fourth-order valence-electron chi connectivity index (χ4n) is 7.36. The molecule has 4 fully saturated rings. The Balaban J connectivity index is 1.73. The Kier molecular flexibility index (Phi) is 10.1. The van der Waals surface area contributed by atoms with Crippen LogP contribution in [0.15, 0.2) is 25.3 Å². The monoisotopic (exact) mass is 609 g/mol. The Hall–Kier alpha value is -1.32. The zero-order chi connectivity index (χ0) is 27.4. The topological polar surface area (TPSA) is 81.2 Å². The first-order chi connectivity index (χ1) is 18.4. The molecule has 3 heterocycles. The van der Waals surface area contributed by atoms with Crippen molar-refractivity contribution >= 4 is 45.4 Å². The zero-order valence-electron chi connectivity index (χ0n) is 22.7. The Labute approximate surface area is 240 Å². The van der Waals surface area contributed by atoms with E-state index < -0.39 is 22.6 Å². The Morgan fingerprint density at radius 3 is 2.50 bits per heavy atom. The van der Waals surface area contributed by atoms with Crippen molar-refractivity contribution in [2.24, 2.45) is 11.8 Å². The second-order valence-corrected chi connectivity index (χ2v) is 14.0. The third-order valence-electron chi connectivity index (χ3n) is 8.89. The van der Waals surface area contributed by atoms with E-state index in [1.165, 1.54) is 6.42 Å². The highest BCUT2D eigenvalue weighted by Crippen LogP contribution is 2.68. The molecule has 1 aliphatic carbocycles. The molecule has 9 heteroatoms. The molecule has 6 atom stereocenters. The van der Waals surface area contributed by atoms with Crippen LogP contribution in [0.2, 0.25) is 0 Å². The first-order valence-electron chi connectivity index (χ1n) is 14.4. The summed E-state index contributed by atoms with van der Waals surface area (Å²) < 4.78 is -0.632. The molecule has 212 valence electrons. The molecule has 2 bridgehead atoms. The molecule has 1 spiro atoms. The molecule has 3 amide bonds. The molecule has 1 N–H and O–H groups in total. The fraction of sp³-hybridized carbons (Fsp3) is 0.759. The molecule has 0 aromatic carbocycles. The van der Waals surface area contributed by atoms with Crippen LogP contribution in [0.3, 0.4) is 0 Å². The van der Waals surface area contributed by atoms with Gasteiger partial charge in [0.2, 0.25) is 17.7 Å². The first-order valence-corrected chi connectivity index (χ1v) is 16.2. The second-order valence-electron chi connectivity index (χ2n) is 11.3. The minimum atomic E-state index is -0.632. The lowest BCUT2D eigenvalue weighted by Gasteiger charge is -2.41. The van der Waals surface area contributed by atoms with Crippen LogP contribution in [0.5, 0.6) is 0 Å². The van der Waals surface area contributed by atoms with Gasteiger partial charge in [-0.3, -0.25) is 14.4 Å². The minimum absolute atomic E-state index is 0.00672. The summed E-state index contributed by atoms with van der Waals surface area (Å²) in [5.41, 5.74) is 0. The number of aliphatic hydroxyl groups is 1. The van der Waals surface area contributed by atoms with Crippen molar-refractivity contribution in [3.63, 3.8) is 0 Å². The van der Waals surface area contributed by atoms with Crippen molar-refractivity contribution in [1.29, 1.82) is 0 Å². The maximum absolute atomic E-state index is 14.6. The van der Waals surface area contributed by atoms with Crippen LogP contribution in [-0.4, -0.2) is 97.2 Å². The van der Waals surface area contributed by atoms with Gasteiger partial charge in [-0.15, -0.1) is 24.9 Å². The highest BCUT2D eigenvalue weighted by molar-refractivity contribution is 9.09. The number of carbonyl (C=O) groups excluding carboxylic acids is 3. The average Bonchev–Trinajstić information content (AvgIpc) is 3.50. The van der Waals surface area contributed by atoms with Crippen molar-refractivity contribution < 1.29 is 19.5 Å². The number of hydrogen-bond donors (Lipinski definition) is 1. The summed E-state index contributed by atoms with van der Waals surface area (Å²) in [4.78, 5) is 48.5. The van der Waals surface area contributed by atoms with Crippen LogP contribution < -0.4 is 0 Å². The second kappa shape index (κ2) is 12.9. The van der Waals surface area contributed by atoms with E-state index in [0.717, 1.165) is 32.1 Å². The van der Waals surface area contributed by atoms with Gasteiger partial charge < -0.3 is 19.8 Å². The number of aliphatic hydroxyl groups excluding tert-OH is 1. The molecule has 3 saturated heterocycles. The molecular formula is C29H44BrN3O4S. The lowest BCUT2D eigenvalue weighted by molar-refractivity contribution is -0.145. The molecule has 4 aliphatic rings. The van der Waals surface area contributed by atoms with Gasteiger partial charge in [0.25, 0.3) is 0 Å². The van der Waals surface area contributed by atoms with Gasteiger partial charge >= 0.3 is 0 Å². The third-order valence-corrected chi connectivity index (χ3v) is 12.1. The number of halogens is 1. The van der Waals surface area contributed by atoms with Crippen LogP contribution in [0.1, 0.15) is 64.7 Å². The van der Waals surface area contributed by atoms with E-state index >= 15 is 0 Å². The number of hydrogen-bond acceptors (Lipinski definition) is 5. The highest BCUT2D eigenvalue weighted by Gasteiger charge is 2.76. The van der Waals surface area contributed by atoms with Crippen molar-refractivity contribution in [1.82, 2.24) is 14.7 Å². The number of unbranched alkanes of at least 4 members (excludes halogenated alkanes) is 1. The summed E-state index contributed by atoms with van der Waals surface area (Å²) in [6, 6.07) is -0.444. The van der Waals surface area contributed by atoms with Crippen molar-refractivity contribution in [2.75, 3.05) is 32.8 Å². The minimum Gasteiger partial charge on any atom is -0.396 e. The quantitative estimate of drug-likeness (QED) is 0.194. The summed E-state index contributed by atoms with van der Waals surface area (Å²) in [6.45, 7) is 11.9. The van der Waals surface area contributed by atoms with Crippen LogP contribution in [0.25, 0.3) is 0 Å². The van der Waals surface area contributed by atoms with Gasteiger partial charge in [-0.1, -0.05) is 54.3 Å². The number of likely N-dealkylation sites (tertiary alicyclic amines) is 1. The lowest BCUT2D eigenvalue weighted by atomic mass is 9.70. The summed E-state index contributed by atoms with van der Waals surface area (Å²) in [5, 5.41) is 9.38. The standard InChI is InChI=1S/C29H44BrN3O4S/c1-4-14-31(15-5-2)26(35)22-23-27(36)33(17-10-11-18-34)25(29(23)19-21(30)24(22)38-29)28(37)32(16-6-3)20-12-8-7-9-13-20/h4,6,20-25,34H,1,3,5,7-19H2,2H3/t21?,22-,23-,24-,25?,29?/m0/s1. The Bertz CT molecular complexity index is 912. The van der Waals surface area contributed by atoms with Gasteiger partial charge in [0.05, 0.1) is 16.6 Å². The van der Waals surface area contributed by atoms with Gasteiger partial charge in [0, 0.05) is 48.9 Å². The molecule has 38 heavy (non-hydrogen) atoms. The molecule has 0 aromatic heterocycles. The van der Waals surface area contributed by atoms with E-state index in [9.17, 15) is 19.5 Å². The number of carbonyl (C=O) groups is 3. The van der Waals surface area contributed by atoms with E-state index in [0.29, 0.717) is 45.4 Å². The van der Waals surface area contributed by atoms with Gasteiger partial charge in [0.15, 0.2) is 0 Å². The van der Waals surface area contributed by atoms with E-state index in [2.05, 4.69) is 29.1 Å². The molecule has 1 saturated carbocycles. The smallest absolute Gasteiger partial charge is 0.247 e. The summed E-state index contributed by atoms with van der Waals surface area (Å²) in [7, 11) is 0. The van der Waals surface area contributed by atoms with Crippen molar-refractivity contribution in [3.8, 4) is 0 Å². The van der Waals surface area contributed by atoms with E-state index in [1.807, 2.05) is 16.7 Å². The van der Waals surface area contributed by atoms with Crippen LogP contribution in [0.4, 0.5) is 0 Å². The van der Waals surface area contributed by atoms with Gasteiger partial charge in [0.1, 0.15) is 6.04 Å². The van der Waals surface area contributed by atoms with E-state index in [1.54, 1.807) is 28.8 Å². The van der Waals surface area contributed by atoms with Crippen molar-refractivity contribution in [3.05, 3.63) is 25.3 Å². The third kappa shape index (κ3) is 5.24. The normalized spacial score (nSPS) is 32.3. The van der Waals surface area contributed by atoms with E-state index in [4.69, 9.17) is 0 Å². The summed E-state index contributed by atoms with van der Waals surface area (Å²) in [6.07, 6.45) is 11.6. The van der Waals surface area contributed by atoms with E-state index in [-0.39, 0.29) is 40.4 Å². The summed E-state index contributed by atoms with van der Waals surface area (Å²) in [5.74, 6) is -1.02. The summed E-state index contributed by atoms with van der Waals surface area (Å²) >= 11 is 5.58. The molecule has 0 aromatic rings. The van der Waals surface area contributed by atoms with Crippen LogP contribution in [0, 0.1) is 11.8 Å². The predicted molar refractivity (Wildman–Crippen MR) is 156 cm³/mol. The number of rotatable bonds is 13. The number of amides is 3. The molecule has 7 nitrogen and oxygen atoms in total. The zero-order valence-corrected chi connectivity index (χ0v) is 25.1. The number of alkyl halides is 1. The maximum atomic E-state index is 14.6. The number of thioether (sulfide) groups is 1. The average molecular weight is 611 g/mol. The fourth-order valence-corrected chi connectivity index (χ4v) is 11.0. The Morgan fingerprint density at radius 1 is 1.16 bits per heavy atom. The van der Waals surface area contributed by atoms with Gasteiger partial charge in [-0.05, 0) is 38.5 Å². The highest BCUT2D eigenvalue weighted by atomic mass is 79.9. The molecule has 3 aliphatic heterocycles. The van der Waals surface area contributed by atoms with Gasteiger partial charge in [-0.25, -0.2) is 0 Å². The SMILES string of the molecule is C=CCN(CCC)C(=O)[C@H]1[C@H]2C(=O)N(CCCCO)C(C(=O)N(CC=C)C3CCCCC3)C23CC(Br)[C@@H]1S3. The lowest BCUT2D eigenvalue weighted by Crippen LogP contribution is -2.57. The number of nitrogens with zero attached hydrogens (tertiary/aromatic N) is 3.